The van der Waals surface area contributed by atoms with Crippen LogP contribution < -0.4 is 0 Å². The van der Waals surface area contributed by atoms with Crippen LogP contribution >= 0.6 is 0 Å². The van der Waals surface area contributed by atoms with E-state index < -0.39 is 0 Å². The minimum absolute atomic E-state index is 0. The molecule has 0 nitrogen and oxygen atoms in total. The van der Waals surface area contributed by atoms with Crippen LogP contribution in [0.4, 0.5) is 0 Å². The minimum Gasteiger partial charge on any atom is 0 e. The van der Waals surface area contributed by atoms with Gasteiger partial charge in [-0.05, 0) is 0 Å². The predicted molar refractivity (Wildman–Crippen MR) is 28.4 cm³/mol. The molecule has 0 aliphatic carbocycles. The molecule has 0 aromatic heterocycles. The second kappa shape index (κ2) is 36.7. The molecule has 0 rings (SSSR count). The van der Waals surface area contributed by atoms with Crippen molar-refractivity contribution in [1.82, 2.24) is 0 Å². The van der Waals surface area contributed by atoms with Crippen molar-refractivity contribution in [2.24, 2.45) is 0 Å². The molecule has 34 valence electrons. The first-order valence-corrected chi connectivity index (χ1v) is 7.25. The normalized spacial score (nSPS) is 1.33. The molecular weight excluding hydrogens is 454 g/mol. The zero-order valence-electron chi connectivity index (χ0n) is 3.06. The van der Waals surface area contributed by atoms with E-state index in [9.17, 15) is 0 Å². The Hall–Kier alpha value is 3.86. The first-order chi connectivity index (χ1) is 1.00. The van der Waals surface area contributed by atoms with Gasteiger partial charge in [-0.3, -0.25) is 0 Å². The number of hydrogen-bond donors (Lipinski definition) is 0. The van der Waals surface area contributed by atoms with Gasteiger partial charge in [-0.2, -0.15) is 0 Å². The summed E-state index contributed by atoms with van der Waals surface area (Å²) in [6.07, 6.45) is 0. The standard InChI is InChI=1S/Al.Mo.Nb.H3Si.Sn.Zr.5H/h;;;1H3;;;;;;;. The van der Waals surface area contributed by atoms with Gasteiger partial charge >= 0.3 is 51.2 Å². The Labute approximate surface area is 115 Å². The Morgan fingerprint density at radius 2 is 1.17 bits per heavy atom. The maximum absolute atomic E-state index is 2.09. The third-order valence-corrected chi connectivity index (χ3v) is 0. The van der Waals surface area contributed by atoms with Crippen LogP contribution in [0.3, 0.4) is 0 Å². The van der Waals surface area contributed by atoms with Crippen LogP contribution in [0.5, 0.6) is 0 Å². The second-order valence-electron chi connectivity index (χ2n) is 0. The van der Waals surface area contributed by atoms with E-state index in [-0.39, 0.29) is 89.9 Å². The van der Waals surface area contributed by atoms with Crippen LogP contribution in [-0.4, -0.2) is 49.5 Å². The zero-order chi connectivity index (χ0) is 2.00. The SMILES string of the molecule is [AlH3].[Nb].[SiH3][Mo].[SnH2].[Zr]. The Morgan fingerprint density at radius 3 is 1.17 bits per heavy atom. The average Bonchev–Trinajstić information content (AvgIpc) is 1.00. The smallest absolute Gasteiger partial charge is 0 e. The van der Waals surface area contributed by atoms with Crippen molar-refractivity contribution < 1.29 is 67.7 Å². The molecule has 0 aromatic carbocycles. The third kappa shape index (κ3) is 24.8. The van der Waals surface area contributed by atoms with E-state index in [4.69, 9.17) is 0 Å². The summed E-state index contributed by atoms with van der Waals surface area (Å²) in [5.41, 5.74) is 0. The molecule has 0 saturated heterocycles. The van der Waals surface area contributed by atoms with Gasteiger partial charge in [0.25, 0.3) is 0 Å². The summed E-state index contributed by atoms with van der Waals surface area (Å²) >= 11 is 2.09. The molecule has 6 heavy (non-hydrogen) atoms. The van der Waals surface area contributed by atoms with E-state index in [1.807, 2.05) is 0 Å². The van der Waals surface area contributed by atoms with Gasteiger partial charge in [0, 0.05) is 48.6 Å². The fourth-order valence-corrected chi connectivity index (χ4v) is 0. The van der Waals surface area contributed by atoms with E-state index in [0.717, 1.165) is 0 Å². The molecule has 0 N–H and O–H groups in total. The molecule has 0 unspecified atom stereocenters. The van der Waals surface area contributed by atoms with Crippen LogP contribution in [0.1, 0.15) is 0 Å². The quantitative estimate of drug-likeness (QED) is 0.332. The maximum atomic E-state index is 2.09. The molecule has 0 spiro atoms. The summed E-state index contributed by atoms with van der Waals surface area (Å²) in [6.45, 7) is 0. The summed E-state index contributed by atoms with van der Waals surface area (Å²) in [5.74, 6) is 0. The molecule has 0 heterocycles. The van der Waals surface area contributed by atoms with Gasteiger partial charge < -0.3 is 0 Å². The van der Waals surface area contributed by atoms with E-state index in [0.29, 0.717) is 0 Å². The van der Waals surface area contributed by atoms with Crippen LogP contribution in [-0.2, 0) is 67.7 Å². The van der Waals surface area contributed by atoms with E-state index in [1.54, 1.807) is 0 Å². The van der Waals surface area contributed by atoms with E-state index in [2.05, 4.69) is 19.1 Å². The largest absolute Gasteiger partial charge is 0 e. The van der Waals surface area contributed by atoms with Crippen LogP contribution in [0.2, 0.25) is 0 Å². The average molecular weight is 462 g/mol. The van der Waals surface area contributed by atoms with Crippen molar-refractivity contribution >= 4 is 49.5 Å². The van der Waals surface area contributed by atoms with Gasteiger partial charge in [0.1, 0.15) is 0 Å². The molecule has 0 amide bonds. The van der Waals surface area contributed by atoms with Crippen molar-refractivity contribution in [2.75, 3.05) is 0 Å². The fraction of sp³-hybridized carbons (Fsp3) is 0. The second-order valence-corrected chi connectivity index (χ2v) is 0. The van der Waals surface area contributed by atoms with Gasteiger partial charge in [0.15, 0.2) is 17.4 Å². The molecule has 0 bridgehead atoms. The van der Waals surface area contributed by atoms with Gasteiger partial charge in [-0.25, -0.2) is 0 Å². The summed E-state index contributed by atoms with van der Waals surface area (Å²) < 4.78 is 0. The Balaban J connectivity index is -0.000000000833. The molecule has 0 aromatic rings. The third-order valence-electron chi connectivity index (χ3n) is 0. The molecule has 0 aliphatic heterocycles. The molecule has 6 heteroatoms. The van der Waals surface area contributed by atoms with E-state index in [1.165, 1.54) is 8.21 Å². The summed E-state index contributed by atoms with van der Waals surface area (Å²) in [6, 6.07) is 0. The van der Waals surface area contributed by atoms with Crippen LogP contribution in [0, 0.1) is 0 Å². The Morgan fingerprint density at radius 1 is 1.17 bits per heavy atom. The summed E-state index contributed by atoms with van der Waals surface area (Å²) in [5, 5.41) is 0. The van der Waals surface area contributed by atoms with Crippen molar-refractivity contribution in [3.8, 4) is 0 Å². The topological polar surface area (TPSA) is 0 Å². The Bertz CT molecular complexity index is 15.5. The van der Waals surface area contributed by atoms with Gasteiger partial charge in [0.05, 0.1) is 0 Å². The summed E-state index contributed by atoms with van der Waals surface area (Å²) in [7, 11) is 1.32. The van der Waals surface area contributed by atoms with Crippen molar-refractivity contribution in [2.45, 2.75) is 0 Å². The summed E-state index contributed by atoms with van der Waals surface area (Å²) in [4.78, 5) is 0. The van der Waals surface area contributed by atoms with Crippen LogP contribution in [0.25, 0.3) is 0 Å². The van der Waals surface area contributed by atoms with Crippen LogP contribution in [0.15, 0.2) is 0 Å². The van der Waals surface area contributed by atoms with E-state index >= 15 is 0 Å². The van der Waals surface area contributed by atoms with Crippen molar-refractivity contribution in [3.05, 3.63) is 0 Å². The molecule has 0 aliphatic rings. The molecule has 0 saturated carbocycles. The minimum atomic E-state index is 0. The van der Waals surface area contributed by atoms with Gasteiger partial charge in [-0.15, -0.1) is 0 Å². The Kier molecular flexibility index (Phi) is 201. The van der Waals surface area contributed by atoms with Crippen molar-refractivity contribution in [1.29, 1.82) is 0 Å². The molecular formula is H8AlMoNbSiSnZr. The molecule has 0 atom stereocenters. The number of rotatable bonds is 0. The molecule has 3 radical (unpaired) electrons. The first-order valence-electron chi connectivity index (χ1n) is 0.408. The van der Waals surface area contributed by atoms with Gasteiger partial charge in [0.2, 0.25) is 0 Å². The number of hydrogen-bond acceptors (Lipinski definition) is 0. The molecule has 0 fully saturated rings. The first kappa shape index (κ1) is 32.8. The van der Waals surface area contributed by atoms with Gasteiger partial charge in [-0.1, -0.05) is 0 Å². The maximum Gasteiger partial charge on any atom is 0 e. The van der Waals surface area contributed by atoms with Crippen molar-refractivity contribution in [3.63, 3.8) is 0 Å². The zero-order valence-corrected chi connectivity index (χ0v) is 15.8. The fourth-order valence-electron chi connectivity index (χ4n) is 0. The predicted octanol–water partition coefficient (Wildman–Crippen LogP) is -3.29. The monoisotopic (exact) mass is 464 g/mol.